The van der Waals surface area contributed by atoms with E-state index in [1.54, 1.807) is 7.05 Å². The first-order chi connectivity index (χ1) is 9.48. The van der Waals surface area contributed by atoms with E-state index >= 15 is 0 Å². The molecule has 21 heavy (non-hydrogen) atoms. The molecule has 1 aliphatic carbocycles. The molecule has 3 nitrogen and oxygen atoms in total. The second-order valence-electron chi connectivity index (χ2n) is 5.59. The Balaban J connectivity index is 0.00000220. The Morgan fingerprint density at radius 3 is 2.48 bits per heavy atom. The maximum atomic E-state index is 13.6. The summed E-state index contributed by atoms with van der Waals surface area (Å²) in [6.07, 6.45) is 3.58. The Labute approximate surface area is 129 Å². The fourth-order valence-corrected chi connectivity index (χ4v) is 2.94. The van der Waals surface area contributed by atoms with Crippen LogP contribution in [0.1, 0.15) is 31.2 Å². The molecule has 0 atom stereocenters. The summed E-state index contributed by atoms with van der Waals surface area (Å²) in [5.41, 5.74) is 5.60. The fourth-order valence-electron chi connectivity index (χ4n) is 2.94. The van der Waals surface area contributed by atoms with Crippen molar-refractivity contribution in [2.24, 2.45) is 11.1 Å². The van der Waals surface area contributed by atoms with Crippen molar-refractivity contribution in [2.45, 2.75) is 32.2 Å². The van der Waals surface area contributed by atoms with Crippen LogP contribution in [0.5, 0.6) is 0 Å². The number of nitrogens with zero attached hydrogens (tertiary/aromatic N) is 1. The minimum Gasteiger partial charge on any atom is -0.341 e. The van der Waals surface area contributed by atoms with Gasteiger partial charge in [-0.1, -0.05) is 18.9 Å². The van der Waals surface area contributed by atoms with Crippen molar-refractivity contribution in [3.8, 4) is 0 Å². The SMILES string of the molecule is CN(Cc1ccc(F)cc1F)C(=O)C1(CN)CCCC1.Cl. The van der Waals surface area contributed by atoms with Gasteiger partial charge in [0, 0.05) is 31.8 Å². The monoisotopic (exact) mass is 318 g/mol. The van der Waals surface area contributed by atoms with Crippen molar-refractivity contribution < 1.29 is 13.6 Å². The molecule has 0 aromatic heterocycles. The first-order valence-electron chi connectivity index (χ1n) is 6.88. The summed E-state index contributed by atoms with van der Waals surface area (Å²) >= 11 is 0. The fraction of sp³-hybridized carbons (Fsp3) is 0.533. The molecule has 0 radical (unpaired) electrons. The quantitative estimate of drug-likeness (QED) is 0.928. The van der Waals surface area contributed by atoms with Crippen LogP contribution in [0.2, 0.25) is 0 Å². The average molecular weight is 319 g/mol. The Morgan fingerprint density at radius 2 is 1.95 bits per heavy atom. The minimum atomic E-state index is -0.627. The summed E-state index contributed by atoms with van der Waals surface area (Å²) in [4.78, 5) is 14.0. The molecule has 0 spiro atoms. The zero-order chi connectivity index (χ0) is 14.8. The highest BCUT2D eigenvalue weighted by molar-refractivity contribution is 5.85. The molecule has 0 saturated heterocycles. The van der Waals surface area contributed by atoms with E-state index in [-0.39, 0.29) is 24.9 Å². The lowest BCUT2D eigenvalue weighted by Crippen LogP contribution is -2.44. The standard InChI is InChI=1S/C15H20F2N2O.ClH/c1-19(9-11-4-5-12(16)8-13(11)17)14(20)15(10-18)6-2-3-7-15;/h4-5,8H,2-3,6-7,9-10,18H2,1H3;1H. The van der Waals surface area contributed by atoms with E-state index in [1.165, 1.54) is 17.0 Å². The van der Waals surface area contributed by atoms with Crippen LogP contribution in [0.3, 0.4) is 0 Å². The maximum absolute atomic E-state index is 13.6. The van der Waals surface area contributed by atoms with E-state index in [0.29, 0.717) is 12.1 Å². The third-order valence-electron chi connectivity index (χ3n) is 4.17. The lowest BCUT2D eigenvalue weighted by molar-refractivity contribution is -0.140. The number of hydrogen-bond donors (Lipinski definition) is 1. The van der Waals surface area contributed by atoms with Crippen molar-refractivity contribution in [1.29, 1.82) is 0 Å². The van der Waals surface area contributed by atoms with Gasteiger partial charge in [0.25, 0.3) is 0 Å². The zero-order valence-corrected chi connectivity index (χ0v) is 12.9. The van der Waals surface area contributed by atoms with E-state index in [9.17, 15) is 13.6 Å². The number of rotatable bonds is 4. The molecule has 1 amide bonds. The van der Waals surface area contributed by atoms with Gasteiger partial charge in [-0.15, -0.1) is 12.4 Å². The van der Waals surface area contributed by atoms with Crippen LogP contribution >= 0.6 is 12.4 Å². The summed E-state index contributed by atoms with van der Waals surface area (Å²) in [5, 5.41) is 0. The summed E-state index contributed by atoms with van der Waals surface area (Å²) in [7, 11) is 1.64. The van der Waals surface area contributed by atoms with Crippen molar-refractivity contribution in [3.05, 3.63) is 35.4 Å². The highest BCUT2D eigenvalue weighted by Gasteiger charge is 2.41. The molecule has 2 rings (SSSR count). The van der Waals surface area contributed by atoms with Gasteiger partial charge >= 0.3 is 0 Å². The van der Waals surface area contributed by atoms with Crippen molar-refractivity contribution in [2.75, 3.05) is 13.6 Å². The smallest absolute Gasteiger partial charge is 0.230 e. The summed E-state index contributed by atoms with van der Waals surface area (Å²) in [5.74, 6) is -1.28. The predicted molar refractivity (Wildman–Crippen MR) is 80.0 cm³/mol. The van der Waals surface area contributed by atoms with Gasteiger partial charge in [0.15, 0.2) is 0 Å². The molecular formula is C15H21ClF2N2O. The van der Waals surface area contributed by atoms with Crippen LogP contribution in [0.15, 0.2) is 18.2 Å². The van der Waals surface area contributed by atoms with Gasteiger partial charge < -0.3 is 10.6 Å². The molecule has 0 heterocycles. The number of benzene rings is 1. The summed E-state index contributed by atoms with van der Waals surface area (Å²) in [6, 6.07) is 3.41. The average Bonchev–Trinajstić information content (AvgIpc) is 2.91. The lowest BCUT2D eigenvalue weighted by atomic mass is 9.84. The van der Waals surface area contributed by atoms with E-state index in [4.69, 9.17) is 5.73 Å². The van der Waals surface area contributed by atoms with E-state index < -0.39 is 17.0 Å². The van der Waals surface area contributed by atoms with Crippen LogP contribution in [-0.4, -0.2) is 24.4 Å². The number of carbonyl (C=O) groups excluding carboxylic acids is 1. The number of nitrogens with two attached hydrogens (primary N) is 1. The van der Waals surface area contributed by atoms with Gasteiger partial charge in [0.1, 0.15) is 11.6 Å². The number of carbonyl (C=O) groups is 1. The van der Waals surface area contributed by atoms with Crippen LogP contribution in [0.25, 0.3) is 0 Å². The van der Waals surface area contributed by atoms with Crippen LogP contribution in [-0.2, 0) is 11.3 Å². The van der Waals surface area contributed by atoms with Gasteiger partial charge in [0.05, 0.1) is 5.41 Å². The first-order valence-corrected chi connectivity index (χ1v) is 6.88. The molecule has 2 N–H and O–H groups in total. The van der Waals surface area contributed by atoms with E-state index in [0.717, 1.165) is 31.7 Å². The molecule has 1 aromatic carbocycles. The third kappa shape index (κ3) is 3.71. The Kier molecular flexibility index (Phi) is 6.10. The van der Waals surface area contributed by atoms with Crippen molar-refractivity contribution >= 4 is 18.3 Å². The molecular weight excluding hydrogens is 298 g/mol. The number of amides is 1. The first kappa shape index (κ1) is 17.9. The second-order valence-corrected chi connectivity index (χ2v) is 5.59. The van der Waals surface area contributed by atoms with Gasteiger partial charge in [0.2, 0.25) is 5.91 Å². The summed E-state index contributed by atoms with van der Waals surface area (Å²) < 4.78 is 26.5. The molecule has 1 aromatic rings. The van der Waals surface area contributed by atoms with Gasteiger partial charge in [-0.3, -0.25) is 4.79 Å². The van der Waals surface area contributed by atoms with Gasteiger partial charge in [-0.05, 0) is 18.9 Å². The Bertz CT molecular complexity index is 504. The number of halogens is 3. The molecule has 0 bridgehead atoms. The molecule has 1 fully saturated rings. The molecule has 118 valence electrons. The van der Waals surface area contributed by atoms with Crippen LogP contribution < -0.4 is 5.73 Å². The highest BCUT2D eigenvalue weighted by atomic mass is 35.5. The normalized spacial score (nSPS) is 16.4. The zero-order valence-electron chi connectivity index (χ0n) is 12.1. The largest absolute Gasteiger partial charge is 0.341 e. The second kappa shape index (κ2) is 7.18. The molecule has 0 aliphatic heterocycles. The predicted octanol–water partition coefficient (Wildman–Crippen LogP) is 2.86. The maximum Gasteiger partial charge on any atom is 0.230 e. The molecule has 1 aliphatic rings. The third-order valence-corrected chi connectivity index (χ3v) is 4.17. The highest BCUT2D eigenvalue weighted by Crippen LogP contribution is 2.38. The lowest BCUT2D eigenvalue weighted by Gasteiger charge is -2.31. The Hall–Kier alpha value is -1.20. The van der Waals surface area contributed by atoms with Crippen LogP contribution in [0, 0.1) is 17.0 Å². The van der Waals surface area contributed by atoms with Gasteiger partial charge in [-0.2, -0.15) is 0 Å². The minimum absolute atomic E-state index is 0. The van der Waals surface area contributed by atoms with Gasteiger partial charge in [-0.25, -0.2) is 8.78 Å². The van der Waals surface area contributed by atoms with Crippen molar-refractivity contribution in [1.82, 2.24) is 4.90 Å². The topological polar surface area (TPSA) is 46.3 Å². The van der Waals surface area contributed by atoms with Crippen molar-refractivity contribution in [3.63, 3.8) is 0 Å². The Morgan fingerprint density at radius 1 is 1.33 bits per heavy atom. The molecule has 1 saturated carbocycles. The molecule has 0 unspecified atom stereocenters. The van der Waals surface area contributed by atoms with E-state index in [2.05, 4.69) is 0 Å². The molecule has 6 heteroatoms. The van der Waals surface area contributed by atoms with Crippen LogP contribution in [0.4, 0.5) is 8.78 Å². The summed E-state index contributed by atoms with van der Waals surface area (Å²) in [6.45, 7) is 0.453. The number of hydrogen-bond acceptors (Lipinski definition) is 2. The van der Waals surface area contributed by atoms with E-state index in [1.807, 2.05) is 0 Å².